The monoisotopic (exact) mass is 446 g/mol. The third-order valence-electron chi connectivity index (χ3n) is 5.00. The number of rotatable bonds is 7. The quantitative estimate of drug-likeness (QED) is 0.335. The van der Waals surface area contributed by atoms with E-state index in [2.05, 4.69) is 10.6 Å². The number of hydrogen-bond acceptors (Lipinski definition) is 7. The molecular weight excluding hydrogens is 420 g/mol. The molecule has 1 heterocycles. The minimum Gasteiger partial charge on any atom is -0.506 e. The molecule has 3 N–H and O–H groups in total. The van der Waals surface area contributed by atoms with Crippen LogP contribution in [0.3, 0.4) is 0 Å². The largest absolute Gasteiger partial charge is 0.506 e. The standard InChI is InChI=1S/C26H26N2O5/c1-3-31-25(30)15-27-19-11-17(2)26-18(12-19)13-20(16-32-21-7-5-4-6-8-21)28-23-14-22(33-26)9-10-24(23)29/h4-14,27-29H,3,15-16H2,1-2H3. The van der Waals surface area contributed by atoms with Crippen LogP contribution in [0.2, 0.25) is 0 Å². The fourth-order valence-corrected chi connectivity index (χ4v) is 3.49. The van der Waals surface area contributed by atoms with Crippen LogP contribution < -0.4 is 20.1 Å². The molecule has 0 saturated carbocycles. The van der Waals surface area contributed by atoms with E-state index in [0.29, 0.717) is 23.8 Å². The molecule has 7 heteroatoms. The van der Waals surface area contributed by atoms with Crippen molar-refractivity contribution in [2.24, 2.45) is 0 Å². The van der Waals surface area contributed by atoms with E-state index in [0.717, 1.165) is 28.3 Å². The van der Waals surface area contributed by atoms with Gasteiger partial charge in [0.05, 0.1) is 18.0 Å². The third kappa shape index (κ3) is 5.57. The van der Waals surface area contributed by atoms with Crippen LogP contribution in [-0.4, -0.2) is 30.8 Å². The summed E-state index contributed by atoms with van der Waals surface area (Å²) in [6.45, 7) is 4.36. The Kier molecular flexibility index (Phi) is 6.69. The van der Waals surface area contributed by atoms with Crippen molar-refractivity contribution in [2.75, 3.05) is 30.4 Å². The van der Waals surface area contributed by atoms with Gasteiger partial charge in [-0.2, -0.15) is 0 Å². The van der Waals surface area contributed by atoms with Crippen molar-refractivity contribution in [1.29, 1.82) is 0 Å². The van der Waals surface area contributed by atoms with Crippen molar-refractivity contribution in [3.63, 3.8) is 0 Å². The molecule has 33 heavy (non-hydrogen) atoms. The maximum atomic E-state index is 11.8. The number of ether oxygens (including phenoxy) is 3. The number of phenols is 1. The highest BCUT2D eigenvalue weighted by molar-refractivity contribution is 5.77. The summed E-state index contributed by atoms with van der Waals surface area (Å²) in [4.78, 5) is 11.8. The van der Waals surface area contributed by atoms with E-state index in [1.165, 1.54) is 0 Å². The number of nitrogens with one attached hydrogen (secondary N) is 2. The lowest BCUT2D eigenvalue weighted by atomic mass is 10.1. The van der Waals surface area contributed by atoms with Gasteiger partial charge in [-0.3, -0.25) is 4.79 Å². The lowest BCUT2D eigenvalue weighted by molar-refractivity contribution is -0.140. The van der Waals surface area contributed by atoms with Gasteiger partial charge in [0.2, 0.25) is 0 Å². The average Bonchev–Trinajstić information content (AvgIpc) is 2.87. The van der Waals surface area contributed by atoms with Gasteiger partial charge in [-0.15, -0.1) is 0 Å². The second-order valence-electron chi connectivity index (χ2n) is 7.55. The summed E-state index contributed by atoms with van der Waals surface area (Å²) in [5, 5.41) is 16.7. The minimum absolute atomic E-state index is 0.0630. The Hall–Kier alpha value is -4.13. The van der Waals surface area contributed by atoms with Crippen LogP contribution in [0.4, 0.5) is 11.4 Å². The van der Waals surface area contributed by atoms with E-state index in [4.69, 9.17) is 14.2 Å². The molecule has 170 valence electrons. The number of anilines is 2. The number of carbonyl (C=O) groups excluding carboxylic acids is 1. The Morgan fingerprint density at radius 2 is 1.94 bits per heavy atom. The molecule has 0 spiro atoms. The van der Waals surface area contributed by atoms with Gasteiger partial charge in [0.15, 0.2) is 0 Å². The van der Waals surface area contributed by atoms with Gasteiger partial charge in [0, 0.05) is 17.3 Å². The molecular formula is C26H26N2O5. The van der Waals surface area contributed by atoms with E-state index in [-0.39, 0.29) is 24.9 Å². The van der Waals surface area contributed by atoms with Crippen molar-refractivity contribution in [3.8, 4) is 23.0 Å². The van der Waals surface area contributed by atoms with Crippen LogP contribution in [0.1, 0.15) is 18.1 Å². The lowest BCUT2D eigenvalue weighted by Gasteiger charge is -2.15. The number of aromatic hydroxyl groups is 1. The first kappa shape index (κ1) is 22.1. The van der Waals surface area contributed by atoms with E-state index < -0.39 is 0 Å². The summed E-state index contributed by atoms with van der Waals surface area (Å²) < 4.78 is 17.1. The first-order valence-electron chi connectivity index (χ1n) is 10.7. The highest BCUT2D eigenvalue weighted by Crippen LogP contribution is 2.38. The van der Waals surface area contributed by atoms with Crippen LogP contribution in [-0.2, 0) is 9.53 Å². The van der Waals surface area contributed by atoms with Crippen molar-refractivity contribution < 1.29 is 24.1 Å². The van der Waals surface area contributed by atoms with Crippen molar-refractivity contribution in [3.05, 3.63) is 77.5 Å². The fourth-order valence-electron chi connectivity index (χ4n) is 3.49. The number of esters is 1. The Balaban J connectivity index is 1.69. The van der Waals surface area contributed by atoms with E-state index in [1.807, 2.05) is 55.5 Å². The summed E-state index contributed by atoms with van der Waals surface area (Å²) >= 11 is 0. The molecule has 7 nitrogen and oxygen atoms in total. The maximum absolute atomic E-state index is 11.8. The molecule has 3 aromatic carbocycles. The molecule has 0 aliphatic carbocycles. The van der Waals surface area contributed by atoms with Gasteiger partial charge in [0.1, 0.15) is 36.1 Å². The summed E-state index contributed by atoms with van der Waals surface area (Å²) in [6.07, 6.45) is 1.91. The number of para-hydroxylation sites is 1. The van der Waals surface area contributed by atoms with E-state index in [1.54, 1.807) is 25.1 Å². The second-order valence-corrected chi connectivity index (χ2v) is 7.55. The number of carbonyl (C=O) groups is 1. The predicted molar refractivity (Wildman–Crippen MR) is 128 cm³/mol. The highest BCUT2D eigenvalue weighted by atomic mass is 16.5. The van der Waals surface area contributed by atoms with Gasteiger partial charge < -0.3 is 30.0 Å². The number of benzene rings is 3. The average molecular weight is 447 g/mol. The van der Waals surface area contributed by atoms with Crippen LogP contribution in [0.15, 0.2) is 66.4 Å². The SMILES string of the molecule is CCOC(=O)CNc1cc(C)c2c(c1)C=C(COc1ccccc1)Nc1cc(ccc1O)O2. The summed E-state index contributed by atoms with van der Waals surface area (Å²) in [6, 6.07) is 18.4. The normalized spacial score (nSPS) is 12.0. The first-order valence-corrected chi connectivity index (χ1v) is 10.7. The van der Waals surface area contributed by atoms with Crippen LogP contribution in [0.25, 0.3) is 6.08 Å². The smallest absolute Gasteiger partial charge is 0.325 e. The Morgan fingerprint density at radius 3 is 2.73 bits per heavy atom. The number of aryl methyl sites for hydroxylation is 1. The summed E-state index contributed by atoms with van der Waals surface area (Å²) in [5.74, 6) is 1.78. The van der Waals surface area contributed by atoms with E-state index in [9.17, 15) is 9.90 Å². The number of fused-ring (bicyclic) bond motifs is 3. The minimum atomic E-state index is -0.324. The lowest BCUT2D eigenvalue weighted by Crippen LogP contribution is -2.16. The van der Waals surface area contributed by atoms with Crippen molar-refractivity contribution in [1.82, 2.24) is 0 Å². The Morgan fingerprint density at radius 1 is 1.12 bits per heavy atom. The molecule has 0 saturated heterocycles. The molecule has 0 atom stereocenters. The predicted octanol–water partition coefficient (Wildman–Crippen LogP) is 5.31. The molecule has 0 unspecified atom stereocenters. The van der Waals surface area contributed by atoms with Crippen LogP contribution >= 0.6 is 0 Å². The van der Waals surface area contributed by atoms with Crippen LogP contribution in [0, 0.1) is 6.92 Å². The van der Waals surface area contributed by atoms with Crippen molar-refractivity contribution >= 4 is 23.4 Å². The Labute approximate surface area is 192 Å². The van der Waals surface area contributed by atoms with Gasteiger partial charge >= 0.3 is 5.97 Å². The Bertz CT molecular complexity index is 1170. The molecule has 4 rings (SSSR count). The van der Waals surface area contributed by atoms with Gasteiger partial charge in [-0.05, 0) is 61.9 Å². The van der Waals surface area contributed by atoms with Gasteiger partial charge in [-0.1, -0.05) is 18.2 Å². The molecule has 2 bridgehead atoms. The molecule has 0 fully saturated rings. The zero-order chi connectivity index (χ0) is 23.2. The molecule has 3 aromatic rings. The van der Waals surface area contributed by atoms with Gasteiger partial charge in [0.25, 0.3) is 0 Å². The molecule has 0 radical (unpaired) electrons. The molecule has 1 aliphatic rings. The molecule has 0 amide bonds. The third-order valence-corrected chi connectivity index (χ3v) is 5.00. The molecule has 1 aliphatic heterocycles. The van der Waals surface area contributed by atoms with Crippen molar-refractivity contribution in [2.45, 2.75) is 13.8 Å². The molecule has 0 aromatic heterocycles. The fraction of sp³-hybridized carbons (Fsp3) is 0.192. The van der Waals surface area contributed by atoms with Gasteiger partial charge in [-0.25, -0.2) is 0 Å². The summed E-state index contributed by atoms with van der Waals surface area (Å²) in [5.41, 5.74) is 3.68. The highest BCUT2D eigenvalue weighted by Gasteiger charge is 2.16. The number of phenolic OH excluding ortho intramolecular Hbond substituents is 1. The summed E-state index contributed by atoms with van der Waals surface area (Å²) in [7, 11) is 0. The van der Waals surface area contributed by atoms with Crippen LogP contribution in [0.5, 0.6) is 23.0 Å². The second kappa shape index (κ2) is 9.99. The zero-order valence-corrected chi connectivity index (χ0v) is 18.6. The topological polar surface area (TPSA) is 89.1 Å². The number of hydrogen-bond donors (Lipinski definition) is 3. The zero-order valence-electron chi connectivity index (χ0n) is 18.6. The van der Waals surface area contributed by atoms with E-state index >= 15 is 0 Å². The maximum Gasteiger partial charge on any atom is 0.325 e. The first-order chi connectivity index (χ1) is 16.0.